The van der Waals surface area contributed by atoms with Crippen molar-refractivity contribution in [1.82, 2.24) is 0 Å². The molecule has 1 fully saturated rings. The summed E-state index contributed by atoms with van der Waals surface area (Å²) in [6, 6.07) is -1.28. The largest absolute Gasteiger partial charge is 0.416 e. The fraction of sp³-hybridized carbons (Fsp3) is 0.538. The van der Waals surface area contributed by atoms with Crippen LogP contribution in [0.5, 0.6) is 0 Å². The van der Waals surface area contributed by atoms with Crippen molar-refractivity contribution in [3.63, 3.8) is 0 Å². The van der Waals surface area contributed by atoms with Crippen molar-refractivity contribution in [2.45, 2.75) is 37.7 Å². The first kappa shape index (κ1) is 16.1. The molecule has 0 radical (unpaired) electrons. The highest BCUT2D eigenvalue weighted by molar-refractivity contribution is 5.38. The van der Waals surface area contributed by atoms with Crippen LogP contribution in [-0.4, -0.2) is 0 Å². The number of hydrogen-bond donors (Lipinski definition) is 1. The lowest BCUT2D eigenvalue weighted by Crippen LogP contribution is -2.21. The number of rotatable bonds is 3. The molecule has 8 heteroatoms. The summed E-state index contributed by atoms with van der Waals surface area (Å²) in [6.45, 7) is 0. The topological polar surface area (TPSA) is 26.0 Å². The van der Waals surface area contributed by atoms with E-state index in [1.807, 2.05) is 0 Å². The first-order valence-electron chi connectivity index (χ1n) is 6.23. The van der Waals surface area contributed by atoms with Crippen LogP contribution in [0, 0.1) is 11.7 Å². The molecule has 0 heterocycles. The van der Waals surface area contributed by atoms with E-state index in [1.54, 1.807) is 0 Å². The molecule has 1 aliphatic rings. The van der Waals surface area contributed by atoms with Crippen molar-refractivity contribution in [2.75, 3.05) is 0 Å². The van der Waals surface area contributed by atoms with Gasteiger partial charge in [0.25, 0.3) is 0 Å². The maximum Gasteiger partial charge on any atom is 0.416 e. The van der Waals surface area contributed by atoms with E-state index in [2.05, 4.69) is 0 Å². The van der Waals surface area contributed by atoms with Crippen LogP contribution in [0.3, 0.4) is 0 Å². The highest BCUT2D eigenvalue weighted by Gasteiger charge is 2.41. The monoisotopic (exact) mass is 315 g/mol. The van der Waals surface area contributed by atoms with Gasteiger partial charge in [0.1, 0.15) is 5.82 Å². The molecule has 0 saturated heterocycles. The van der Waals surface area contributed by atoms with Crippen molar-refractivity contribution in [1.29, 1.82) is 0 Å². The second kappa shape index (κ2) is 5.15. The van der Waals surface area contributed by atoms with Crippen LogP contribution in [0.1, 0.15) is 42.0 Å². The Bertz CT molecular complexity index is 529. The van der Waals surface area contributed by atoms with E-state index in [0.717, 1.165) is 12.8 Å². The van der Waals surface area contributed by atoms with Crippen LogP contribution >= 0.6 is 0 Å². The zero-order valence-electron chi connectivity index (χ0n) is 10.7. The minimum absolute atomic E-state index is 0.0668. The molecule has 0 amide bonds. The summed E-state index contributed by atoms with van der Waals surface area (Å²) in [5.74, 6) is -1.45. The molecule has 21 heavy (non-hydrogen) atoms. The van der Waals surface area contributed by atoms with Crippen LogP contribution in [0.4, 0.5) is 30.7 Å². The molecule has 1 atom stereocenters. The summed E-state index contributed by atoms with van der Waals surface area (Å²) in [6.07, 6.45) is -8.45. The summed E-state index contributed by atoms with van der Waals surface area (Å²) in [5, 5.41) is 0. The summed E-state index contributed by atoms with van der Waals surface area (Å²) >= 11 is 0. The van der Waals surface area contributed by atoms with E-state index >= 15 is 0 Å². The van der Waals surface area contributed by atoms with Gasteiger partial charge in [0.15, 0.2) is 0 Å². The lowest BCUT2D eigenvalue weighted by Gasteiger charge is -2.21. The lowest BCUT2D eigenvalue weighted by atomic mass is 9.94. The Hall–Kier alpha value is -1.31. The van der Waals surface area contributed by atoms with E-state index < -0.39 is 40.9 Å². The lowest BCUT2D eigenvalue weighted by molar-refractivity contribution is -0.144. The van der Waals surface area contributed by atoms with Gasteiger partial charge in [-0.3, -0.25) is 0 Å². The predicted molar refractivity (Wildman–Crippen MR) is 60.7 cm³/mol. The Morgan fingerprint density at radius 2 is 1.62 bits per heavy atom. The number of hydrogen-bond acceptors (Lipinski definition) is 1. The molecule has 0 bridgehead atoms. The fourth-order valence-corrected chi connectivity index (χ4v) is 2.22. The van der Waals surface area contributed by atoms with Crippen LogP contribution < -0.4 is 5.73 Å². The normalized spacial score (nSPS) is 17.9. The molecule has 1 aliphatic carbocycles. The van der Waals surface area contributed by atoms with Crippen LogP contribution in [0.15, 0.2) is 12.1 Å². The maximum absolute atomic E-state index is 13.8. The third-order valence-electron chi connectivity index (χ3n) is 3.42. The summed E-state index contributed by atoms with van der Waals surface area (Å²) < 4.78 is 90.1. The zero-order chi connectivity index (χ0) is 16.0. The summed E-state index contributed by atoms with van der Waals surface area (Å²) in [4.78, 5) is 0. The van der Waals surface area contributed by atoms with E-state index in [9.17, 15) is 30.7 Å². The smallest absolute Gasteiger partial charge is 0.324 e. The van der Waals surface area contributed by atoms with E-state index in [4.69, 9.17) is 5.73 Å². The quantitative estimate of drug-likeness (QED) is 0.806. The minimum atomic E-state index is -5.10. The van der Waals surface area contributed by atoms with Gasteiger partial charge in [-0.2, -0.15) is 26.3 Å². The van der Waals surface area contributed by atoms with Gasteiger partial charge in [0.05, 0.1) is 11.1 Å². The van der Waals surface area contributed by atoms with Gasteiger partial charge in [0, 0.05) is 11.6 Å². The van der Waals surface area contributed by atoms with Crippen molar-refractivity contribution < 1.29 is 30.7 Å². The fourth-order valence-electron chi connectivity index (χ4n) is 2.22. The number of halogens is 7. The average Bonchev–Trinajstić information content (AvgIpc) is 3.09. The molecule has 2 N–H and O–H groups in total. The Labute approximate surface area is 115 Å². The summed E-state index contributed by atoms with van der Waals surface area (Å²) in [5.41, 5.74) is 1.36. The molecular formula is C13H12F7N. The predicted octanol–water partition coefficient (Wildman–Crippen LogP) is 4.66. The van der Waals surface area contributed by atoms with Gasteiger partial charge in [0.2, 0.25) is 0 Å². The van der Waals surface area contributed by atoms with Crippen LogP contribution in [0.25, 0.3) is 0 Å². The Balaban J connectivity index is 2.51. The van der Waals surface area contributed by atoms with Crippen molar-refractivity contribution >= 4 is 0 Å². The van der Waals surface area contributed by atoms with E-state index in [0.29, 0.717) is 0 Å². The third-order valence-corrected chi connectivity index (χ3v) is 3.42. The van der Waals surface area contributed by atoms with E-state index in [1.165, 1.54) is 0 Å². The Kier molecular flexibility index (Phi) is 3.94. The SMILES string of the molecule is N[C@@H](CC1CC1)c1c(F)cc(C(F)(F)F)cc1C(F)(F)F. The van der Waals surface area contributed by atoms with Crippen molar-refractivity contribution in [2.24, 2.45) is 11.7 Å². The Morgan fingerprint density at radius 1 is 1.05 bits per heavy atom. The minimum Gasteiger partial charge on any atom is -0.324 e. The van der Waals surface area contributed by atoms with Crippen LogP contribution in [0.2, 0.25) is 0 Å². The third kappa shape index (κ3) is 3.66. The molecular weight excluding hydrogens is 303 g/mol. The molecule has 0 aliphatic heterocycles. The summed E-state index contributed by atoms with van der Waals surface area (Å²) in [7, 11) is 0. The highest BCUT2D eigenvalue weighted by atomic mass is 19.4. The van der Waals surface area contributed by atoms with Gasteiger partial charge in [-0.15, -0.1) is 0 Å². The van der Waals surface area contributed by atoms with Crippen LogP contribution in [-0.2, 0) is 12.4 Å². The molecule has 0 spiro atoms. The van der Waals surface area contributed by atoms with Gasteiger partial charge in [-0.25, -0.2) is 4.39 Å². The molecule has 0 unspecified atom stereocenters. The first-order valence-corrected chi connectivity index (χ1v) is 6.23. The standard InChI is InChI=1S/C13H12F7N/c14-9-5-7(12(15,16)17)4-8(13(18,19)20)11(9)10(21)3-6-1-2-6/h4-6,10H,1-3,21H2/t10-/m0/s1. The van der Waals surface area contributed by atoms with Gasteiger partial charge >= 0.3 is 12.4 Å². The average molecular weight is 315 g/mol. The molecule has 1 aromatic rings. The number of alkyl halides is 6. The molecule has 0 aromatic heterocycles. The van der Waals surface area contributed by atoms with Crippen molar-refractivity contribution in [3.8, 4) is 0 Å². The number of benzene rings is 1. The number of nitrogens with two attached hydrogens (primary N) is 1. The van der Waals surface area contributed by atoms with Gasteiger partial charge in [-0.1, -0.05) is 12.8 Å². The van der Waals surface area contributed by atoms with E-state index in [-0.39, 0.29) is 24.5 Å². The Morgan fingerprint density at radius 3 is 2.05 bits per heavy atom. The molecule has 1 saturated carbocycles. The second-order valence-corrected chi connectivity index (χ2v) is 5.20. The maximum atomic E-state index is 13.8. The molecule has 118 valence electrons. The first-order chi connectivity index (χ1) is 9.50. The van der Waals surface area contributed by atoms with Gasteiger partial charge < -0.3 is 5.73 Å². The van der Waals surface area contributed by atoms with Gasteiger partial charge in [-0.05, 0) is 24.5 Å². The second-order valence-electron chi connectivity index (χ2n) is 5.20. The molecule has 2 rings (SSSR count). The zero-order valence-corrected chi connectivity index (χ0v) is 10.7. The molecule has 1 nitrogen and oxygen atoms in total. The molecule has 1 aromatic carbocycles. The highest BCUT2D eigenvalue weighted by Crippen LogP contribution is 2.43. The van der Waals surface area contributed by atoms with Crippen molar-refractivity contribution in [3.05, 3.63) is 34.6 Å².